The van der Waals surface area contributed by atoms with Crippen LogP contribution in [0.25, 0.3) is 11.1 Å². The van der Waals surface area contributed by atoms with E-state index in [4.69, 9.17) is 0 Å². The smallest absolute Gasteiger partial charge is 0.124 e. The SMILES string of the molecule is C[Si](C)(C)CCSc1cc(F)cc(-c2ccccc2)c1. The second-order valence-corrected chi connectivity index (χ2v) is 13.0. The van der Waals surface area contributed by atoms with E-state index in [1.807, 2.05) is 30.3 Å². The molecule has 0 aliphatic heterocycles. The molecule has 0 aliphatic carbocycles. The third-order valence-electron chi connectivity index (χ3n) is 3.10. The lowest BCUT2D eigenvalue weighted by atomic mass is 10.1. The monoisotopic (exact) mass is 304 g/mol. The van der Waals surface area contributed by atoms with Crippen LogP contribution in [0.1, 0.15) is 0 Å². The summed E-state index contributed by atoms with van der Waals surface area (Å²) < 4.78 is 13.8. The maximum Gasteiger partial charge on any atom is 0.124 e. The van der Waals surface area contributed by atoms with Gasteiger partial charge in [0, 0.05) is 13.0 Å². The summed E-state index contributed by atoms with van der Waals surface area (Å²) in [5.41, 5.74) is 2.03. The predicted molar refractivity (Wildman–Crippen MR) is 90.7 cm³/mol. The van der Waals surface area contributed by atoms with E-state index in [2.05, 4.69) is 25.7 Å². The van der Waals surface area contributed by atoms with Gasteiger partial charge in [-0.25, -0.2) is 4.39 Å². The molecule has 0 radical (unpaired) electrons. The Morgan fingerprint density at radius 3 is 2.30 bits per heavy atom. The van der Waals surface area contributed by atoms with Gasteiger partial charge < -0.3 is 0 Å². The van der Waals surface area contributed by atoms with Crippen molar-refractivity contribution in [3.05, 3.63) is 54.3 Å². The van der Waals surface area contributed by atoms with Gasteiger partial charge in [0.15, 0.2) is 0 Å². The van der Waals surface area contributed by atoms with E-state index in [-0.39, 0.29) is 5.82 Å². The minimum Gasteiger partial charge on any atom is -0.207 e. The van der Waals surface area contributed by atoms with Crippen LogP contribution in [0.4, 0.5) is 4.39 Å². The number of thioether (sulfide) groups is 1. The van der Waals surface area contributed by atoms with Crippen LogP contribution in [-0.4, -0.2) is 13.8 Å². The van der Waals surface area contributed by atoms with Gasteiger partial charge in [-0.15, -0.1) is 11.8 Å². The Morgan fingerprint density at radius 2 is 1.65 bits per heavy atom. The van der Waals surface area contributed by atoms with Gasteiger partial charge in [-0.05, 0) is 41.1 Å². The summed E-state index contributed by atoms with van der Waals surface area (Å²) in [6, 6.07) is 16.6. The summed E-state index contributed by atoms with van der Waals surface area (Å²) in [5, 5.41) is 0. The molecule has 0 fully saturated rings. The maximum absolute atomic E-state index is 13.8. The minimum absolute atomic E-state index is 0.151. The zero-order valence-corrected chi connectivity index (χ0v) is 14.1. The van der Waals surface area contributed by atoms with Gasteiger partial charge in [0.2, 0.25) is 0 Å². The molecule has 0 amide bonds. The van der Waals surface area contributed by atoms with E-state index in [0.29, 0.717) is 0 Å². The fourth-order valence-corrected chi connectivity index (χ4v) is 5.42. The number of hydrogen-bond acceptors (Lipinski definition) is 1. The molecule has 0 saturated carbocycles. The third kappa shape index (κ3) is 4.80. The highest BCUT2D eigenvalue weighted by Gasteiger charge is 2.12. The second-order valence-electron chi connectivity index (χ2n) is 6.20. The molecule has 0 atom stereocenters. The van der Waals surface area contributed by atoms with Crippen molar-refractivity contribution in [2.45, 2.75) is 30.6 Å². The van der Waals surface area contributed by atoms with Crippen molar-refractivity contribution in [1.82, 2.24) is 0 Å². The van der Waals surface area contributed by atoms with Gasteiger partial charge in [-0.1, -0.05) is 50.0 Å². The third-order valence-corrected chi connectivity index (χ3v) is 6.19. The normalized spacial score (nSPS) is 11.6. The van der Waals surface area contributed by atoms with Gasteiger partial charge in [0.1, 0.15) is 5.82 Å². The Balaban J connectivity index is 2.13. The van der Waals surface area contributed by atoms with Crippen LogP contribution in [0.3, 0.4) is 0 Å². The Kier molecular flexibility index (Phi) is 5.05. The van der Waals surface area contributed by atoms with E-state index in [9.17, 15) is 4.39 Å². The molecule has 2 aromatic carbocycles. The van der Waals surface area contributed by atoms with Crippen molar-refractivity contribution in [1.29, 1.82) is 0 Å². The van der Waals surface area contributed by atoms with E-state index >= 15 is 0 Å². The van der Waals surface area contributed by atoms with Crippen LogP contribution in [0, 0.1) is 5.82 Å². The largest absolute Gasteiger partial charge is 0.207 e. The van der Waals surface area contributed by atoms with Crippen LogP contribution in [0.15, 0.2) is 53.4 Å². The van der Waals surface area contributed by atoms with E-state index in [1.165, 1.54) is 6.04 Å². The van der Waals surface area contributed by atoms with Gasteiger partial charge in [0.05, 0.1) is 0 Å². The molecular weight excluding hydrogens is 283 g/mol. The topological polar surface area (TPSA) is 0 Å². The van der Waals surface area contributed by atoms with Crippen molar-refractivity contribution in [3.63, 3.8) is 0 Å². The molecule has 0 heterocycles. The molecule has 2 aromatic rings. The average molecular weight is 305 g/mol. The molecule has 0 bridgehead atoms. The molecule has 2 rings (SSSR count). The zero-order chi connectivity index (χ0) is 14.6. The number of halogens is 1. The first-order valence-corrected chi connectivity index (χ1v) is 11.6. The molecule has 0 nitrogen and oxygen atoms in total. The molecule has 0 unspecified atom stereocenters. The van der Waals surface area contributed by atoms with Crippen molar-refractivity contribution >= 4 is 19.8 Å². The van der Waals surface area contributed by atoms with Crippen molar-refractivity contribution < 1.29 is 4.39 Å². The lowest BCUT2D eigenvalue weighted by molar-refractivity contribution is 0.625. The molecule has 0 saturated heterocycles. The van der Waals surface area contributed by atoms with Gasteiger partial charge >= 0.3 is 0 Å². The Labute approximate surface area is 126 Å². The Hall–Kier alpha value is -1.06. The summed E-state index contributed by atoms with van der Waals surface area (Å²) in [6.45, 7) is 7.11. The van der Waals surface area contributed by atoms with Crippen LogP contribution in [0.2, 0.25) is 25.7 Å². The van der Waals surface area contributed by atoms with Crippen molar-refractivity contribution in [3.8, 4) is 11.1 Å². The van der Waals surface area contributed by atoms with Crippen LogP contribution < -0.4 is 0 Å². The fraction of sp³-hybridized carbons (Fsp3) is 0.294. The second kappa shape index (κ2) is 6.59. The number of rotatable bonds is 5. The first-order chi connectivity index (χ1) is 9.44. The van der Waals surface area contributed by atoms with Gasteiger partial charge in [-0.2, -0.15) is 0 Å². The molecule has 0 spiro atoms. The molecule has 0 aliphatic rings. The Bertz CT molecular complexity index is 561. The molecule has 3 heteroatoms. The summed E-state index contributed by atoms with van der Waals surface area (Å²) >= 11 is 1.77. The number of benzene rings is 2. The summed E-state index contributed by atoms with van der Waals surface area (Å²) in [6.07, 6.45) is 0. The summed E-state index contributed by atoms with van der Waals surface area (Å²) in [5.74, 6) is 0.926. The van der Waals surface area contributed by atoms with Crippen molar-refractivity contribution in [2.75, 3.05) is 5.75 Å². The highest BCUT2D eigenvalue weighted by Crippen LogP contribution is 2.28. The molecule has 0 N–H and O–H groups in total. The lowest BCUT2D eigenvalue weighted by Crippen LogP contribution is -2.19. The van der Waals surface area contributed by atoms with E-state index in [0.717, 1.165) is 21.8 Å². The molecule has 106 valence electrons. The van der Waals surface area contributed by atoms with Crippen molar-refractivity contribution in [2.24, 2.45) is 0 Å². The van der Waals surface area contributed by atoms with E-state index in [1.54, 1.807) is 23.9 Å². The first-order valence-electron chi connectivity index (χ1n) is 6.93. The maximum atomic E-state index is 13.8. The molecule has 0 aromatic heterocycles. The van der Waals surface area contributed by atoms with Gasteiger partial charge in [-0.3, -0.25) is 0 Å². The number of hydrogen-bond donors (Lipinski definition) is 0. The minimum atomic E-state index is -1.02. The highest BCUT2D eigenvalue weighted by atomic mass is 32.2. The lowest BCUT2D eigenvalue weighted by Gasteiger charge is -2.15. The summed E-state index contributed by atoms with van der Waals surface area (Å²) in [4.78, 5) is 1.03. The zero-order valence-electron chi connectivity index (χ0n) is 12.3. The van der Waals surface area contributed by atoms with Crippen LogP contribution in [0.5, 0.6) is 0 Å². The van der Waals surface area contributed by atoms with Gasteiger partial charge in [0.25, 0.3) is 0 Å². The highest BCUT2D eigenvalue weighted by molar-refractivity contribution is 7.99. The Morgan fingerprint density at radius 1 is 0.950 bits per heavy atom. The average Bonchev–Trinajstić information content (AvgIpc) is 2.37. The van der Waals surface area contributed by atoms with E-state index < -0.39 is 8.07 Å². The molecule has 20 heavy (non-hydrogen) atoms. The van der Waals surface area contributed by atoms with Crippen LogP contribution in [-0.2, 0) is 0 Å². The van der Waals surface area contributed by atoms with Crippen LogP contribution >= 0.6 is 11.8 Å². The first kappa shape index (κ1) is 15.3. The quantitative estimate of drug-likeness (QED) is 0.488. The predicted octanol–water partition coefficient (Wildman–Crippen LogP) is 5.92. The standard InChI is InChI=1S/C17H21FSSi/c1-20(2,3)10-9-19-17-12-15(11-16(18)13-17)14-7-5-4-6-8-14/h4-8,11-13H,9-10H2,1-3H3. The summed E-state index contributed by atoms with van der Waals surface area (Å²) in [7, 11) is -1.02. The fourth-order valence-electron chi connectivity index (χ4n) is 1.92. The molecular formula is C17H21FSSi.